The second-order valence-corrected chi connectivity index (χ2v) is 5.70. The summed E-state index contributed by atoms with van der Waals surface area (Å²) in [7, 11) is -2.04. The van der Waals surface area contributed by atoms with E-state index in [0.717, 1.165) is 0 Å². The molecule has 1 heterocycles. The normalized spacial score (nSPS) is 11.5. The molecule has 1 aromatic heterocycles. The van der Waals surface area contributed by atoms with Crippen LogP contribution in [0.4, 0.5) is 0 Å². The zero-order valence-electron chi connectivity index (χ0n) is 10.6. The first-order valence-electron chi connectivity index (χ1n) is 5.57. The van der Waals surface area contributed by atoms with Crippen molar-refractivity contribution >= 4 is 10.0 Å². The highest BCUT2D eigenvalue weighted by molar-refractivity contribution is 7.89. The maximum atomic E-state index is 12.0. The highest BCUT2D eigenvalue weighted by Gasteiger charge is 2.14. The van der Waals surface area contributed by atoms with E-state index in [9.17, 15) is 8.42 Å². The van der Waals surface area contributed by atoms with Crippen molar-refractivity contribution in [1.29, 1.82) is 0 Å². The molecule has 0 unspecified atom stereocenters. The van der Waals surface area contributed by atoms with Crippen LogP contribution in [0.5, 0.6) is 5.75 Å². The van der Waals surface area contributed by atoms with Crippen LogP contribution in [-0.4, -0.2) is 20.7 Å². The summed E-state index contributed by atoms with van der Waals surface area (Å²) < 4.78 is 36.3. The summed E-state index contributed by atoms with van der Waals surface area (Å²) in [5, 5.41) is 3.72. The molecule has 0 aliphatic carbocycles. The van der Waals surface area contributed by atoms with E-state index in [-0.39, 0.29) is 11.4 Å². The summed E-state index contributed by atoms with van der Waals surface area (Å²) in [5.41, 5.74) is 0.537. The minimum atomic E-state index is -3.56. The van der Waals surface area contributed by atoms with E-state index in [1.165, 1.54) is 19.2 Å². The fraction of sp³-hybridized carbons (Fsp3) is 0.250. The summed E-state index contributed by atoms with van der Waals surface area (Å²) in [6.45, 7) is 1.83. The van der Waals surface area contributed by atoms with Crippen molar-refractivity contribution < 1.29 is 17.7 Å². The molecule has 19 heavy (non-hydrogen) atoms. The van der Waals surface area contributed by atoms with Crippen molar-refractivity contribution in [3.05, 3.63) is 41.8 Å². The number of hydrogen-bond acceptors (Lipinski definition) is 5. The maximum absolute atomic E-state index is 12.0. The third-order valence-corrected chi connectivity index (χ3v) is 3.91. The predicted octanol–water partition coefficient (Wildman–Crippen LogP) is 1.47. The Morgan fingerprint density at radius 1 is 1.32 bits per heavy atom. The van der Waals surface area contributed by atoms with Crippen LogP contribution in [0.1, 0.15) is 11.5 Å². The number of rotatable bonds is 5. The molecule has 0 bridgehead atoms. The molecular formula is C12H14N2O4S. The van der Waals surface area contributed by atoms with Crippen molar-refractivity contribution in [2.75, 3.05) is 7.11 Å². The smallest absolute Gasteiger partial charge is 0.240 e. The Balaban J connectivity index is 2.09. The number of benzene rings is 1. The van der Waals surface area contributed by atoms with Gasteiger partial charge in [0.05, 0.1) is 24.2 Å². The van der Waals surface area contributed by atoms with E-state index in [0.29, 0.717) is 17.2 Å². The summed E-state index contributed by atoms with van der Waals surface area (Å²) >= 11 is 0. The molecule has 1 N–H and O–H groups in total. The fourth-order valence-electron chi connectivity index (χ4n) is 1.51. The van der Waals surface area contributed by atoms with Gasteiger partial charge in [-0.15, -0.1) is 0 Å². The number of aryl methyl sites for hydroxylation is 1. The van der Waals surface area contributed by atoms with Gasteiger partial charge in [0.25, 0.3) is 0 Å². The summed E-state index contributed by atoms with van der Waals surface area (Å²) in [5.74, 6) is 1.24. The SMILES string of the molecule is COc1ccc(S(=O)(=O)NCc2cc(C)on2)cc1. The Bertz CT molecular complexity index is 647. The van der Waals surface area contributed by atoms with Crippen molar-refractivity contribution in [2.24, 2.45) is 0 Å². The van der Waals surface area contributed by atoms with Gasteiger partial charge in [-0.2, -0.15) is 0 Å². The van der Waals surface area contributed by atoms with Crippen molar-refractivity contribution in [1.82, 2.24) is 9.88 Å². The largest absolute Gasteiger partial charge is 0.497 e. The Morgan fingerprint density at radius 3 is 2.53 bits per heavy atom. The number of aromatic nitrogens is 1. The number of methoxy groups -OCH3 is 1. The standard InChI is InChI=1S/C12H14N2O4S/c1-9-7-10(14-18-9)8-13-19(15,16)12-5-3-11(17-2)4-6-12/h3-7,13H,8H2,1-2H3. The zero-order valence-corrected chi connectivity index (χ0v) is 11.4. The van der Waals surface area contributed by atoms with Gasteiger partial charge in [0.15, 0.2) is 0 Å². The molecule has 6 nitrogen and oxygen atoms in total. The fourth-order valence-corrected chi connectivity index (χ4v) is 2.51. The first-order chi connectivity index (χ1) is 9.01. The van der Waals surface area contributed by atoms with Gasteiger partial charge in [0, 0.05) is 6.07 Å². The quantitative estimate of drug-likeness (QED) is 0.898. The third kappa shape index (κ3) is 3.33. The molecule has 2 aromatic rings. The van der Waals surface area contributed by atoms with Gasteiger partial charge in [-0.25, -0.2) is 13.1 Å². The Morgan fingerprint density at radius 2 is 2.00 bits per heavy atom. The van der Waals surface area contributed by atoms with E-state index >= 15 is 0 Å². The summed E-state index contributed by atoms with van der Waals surface area (Å²) in [6.07, 6.45) is 0. The number of nitrogens with one attached hydrogen (secondary N) is 1. The first kappa shape index (κ1) is 13.6. The maximum Gasteiger partial charge on any atom is 0.240 e. The average molecular weight is 282 g/mol. The molecule has 7 heteroatoms. The van der Waals surface area contributed by atoms with Crippen LogP contribution >= 0.6 is 0 Å². The van der Waals surface area contributed by atoms with Crippen LogP contribution in [0.25, 0.3) is 0 Å². The van der Waals surface area contributed by atoms with Crippen molar-refractivity contribution in [3.63, 3.8) is 0 Å². The van der Waals surface area contributed by atoms with Gasteiger partial charge in [-0.05, 0) is 31.2 Å². The van der Waals surface area contributed by atoms with Gasteiger partial charge in [-0.3, -0.25) is 0 Å². The highest BCUT2D eigenvalue weighted by atomic mass is 32.2. The van der Waals surface area contributed by atoms with Gasteiger partial charge in [0.1, 0.15) is 11.5 Å². The molecule has 0 fully saturated rings. The average Bonchev–Trinajstić information content (AvgIpc) is 2.82. The first-order valence-corrected chi connectivity index (χ1v) is 7.05. The Labute approximate surface area is 111 Å². The predicted molar refractivity (Wildman–Crippen MR) is 68.3 cm³/mol. The van der Waals surface area contributed by atoms with Crippen LogP contribution in [0, 0.1) is 6.92 Å². The van der Waals surface area contributed by atoms with Gasteiger partial charge < -0.3 is 9.26 Å². The molecule has 1 aromatic carbocycles. The van der Waals surface area contributed by atoms with Crippen LogP contribution in [0.2, 0.25) is 0 Å². The number of nitrogens with zero attached hydrogens (tertiary/aromatic N) is 1. The minimum absolute atomic E-state index is 0.0890. The Kier molecular flexibility index (Phi) is 3.87. The number of hydrogen-bond donors (Lipinski definition) is 1. The minimum Gasteiger partial charge on any atom is -0.497 e. The molecule has 0 amide bonds. The second-order valence-electron chi connectivity index (χ2n) is 3.93. The lowest BCUT2D eigenvalue weighted by Gasteiger charge is -2.06. The lowest BCUT2D eigenvalue weighted by molar-refractivity contribution is 0.390. The molecule has 0 aliphatic rings. The lowest BCUT2D eigenvalue weighted by Crippen LogP contribution is -2.23. The van der Waals surface area contributed by atoms with E-state index in [1.807, 2.05) is 0 Å². The Hall–Kier alpha value is -1.86. The number of ether oxygens (including phenoxy) is 1. The molecule has 2 rings (SSSR count). The molecule has 0 radical (unpaired) electrons. The van der Waals surface area contributed by atoms with E-state index in [4.69, 9.17) is 9.26 Å². The third-order valence-electron chi connectivity index (χ3n) is 2.49. The van der Waals surface area contributed by atoms with Crippen LogP contribution in [-0.2, 0) is 16.6 Å². The molecule has 0 atom stereocenters. The molecular weight excluding hydrogens is 268 g/mol. The number of sulfonamides is 1. The molecule has 0 aliphatic heterocycles. The van der Waals surface area contributed by atoms with Crippen molar-refractivity contribution in [2.45, 2.75) is 18.4 Å². The highest BCUT2D eigenvalue weighted by Crippen LogP contribution is 2.15. The van der Waals surface area contributed by atoms with E-state index < -0.39 is 10.0 Å². The zero-order chi connectivity index (χ0) is 13.9. The van der Waals surface area contributed by atoms with Crippen molar-refractivity contribution in [3.8, 4) is 5.75 Å². The van der Waals surface area contributed by atoms with Crippen LogP contribution in [0.15, 0.2) is 39.8 Å². The topological polar surface area (TPSA) is 81.4 Å². The van der Waals surface area contributed by atoms with Crippen LogP contribution in [0.3, 0.4) is 0 Å². The molecule has 102 valence electrons. The second kappa shape index (κ2) is 5.41. The van der Waals surface area contributed by atoms with Gasteiger partial charge in [-0.1, -0.05) is 5.16 Å². The van der Waals surface area contributed by atoms with Gasteiger partial charge in [0.2, 0.25) is 10.0 Å². The van der Waals surface area contributed by atoms with Crippen LogP contribution < -0.4 is 9.46 Å². The van der Waals surface area contributed by atoms with E-state index in [1.54, 1.807) is 25.1 Å². The molecule has 0 saturated heterocycles. The summed E-state index contributed by atoms with van der Waals surface area (Å²) in [4.78, 5) is 0.175. The monoisotopic (exact) mass is 282 g/mol. The summed E-state index contributed by atoms with van der Waals surface area (Å²) in [6, 6.07) is 7.82. The molecule has 0 saturated carbocycles. The van der Waals surface area contributed by atoms with E-state index in [2.05, 4.69) is 9.88 Å². The lowest BCUT2D eigenvalue weighted by atomic mass is 10.3. The molecule has 0 spiro atoms. The van der Waals surface area contributed by atoms with Gasteiger partial charge >= 0.3 is 0 Å².